The predicted molar refractivity (Wildman–Crippen MR) is 115 cm³/mol. The molecule has 0 bridgehead atoms. The predicted octanol–water partition coefficient (Wildman–Crippen LogP) is 3.77. The van der Waals surface area contributed by atoms with Crippen LogP contribution in [0.1, 0.15) is 16.9 Å². The molecule has 0 saturated carbocycles. The molecule has 152 valence electrons. The van der Waals surface area contributed by atoms with Crippen LogP contribution in [0.15, 0.2) is 82.5 Å². The summed E-state index contributed by atoms with van der Waals surface area (Å²) in [7, 11) is 0. The normalized spacial score (nSPS) is 11.0. The van der Waals surface area contributed by atoms with Crippen molar-refractivity contribution in [1.29, 1.82) is 0 Å². The number of hydrazone groups is 1. The Morgan fingerprint density at radius 2 is 1.83 bits per heavy atom. The molecule has 0 aliphatic rings. The molecule has 0 fully saturated rings. The fourth-order valence-corrected chi connectivity index (χ4v) is 2.38. The monoisotopic (exact) mass is 403 g/mol. The van der Waals surface area contributed by atoms with E-state index < -0.39 is 5.97 Å². The van der Waals surface area contributed by atoms with Crippen LogP contribution in [0.5, 0.6) is 5.75 Å². The van der Waals surface area contributed by atoms with Crippen LogP contribution >= 0.6 is 0 Å². The second-order valence-corrected chi connectivity index (χ2v) is 6.35. The van der Waals surface area contributed by atoms with E-state index in [2.05, 4.69) is 15.8 Å². The van der Waals surface area contributed by atoms with Gasteiger partial charge in [0.2, 0.25) is 0 Å². The summed E-state index contributed by atoms with van der Waals surface area (Å²) in [5.74, 6) is 0.184. The molecule has 1 heterocycles. The molecule has 0 aliphatic carbocycles. The summed E-state index contributed by atoms with van der Waals surface area (Å²) in [6, 6.07) is 17.9. The number of esters is 1. The van der Waals surface area contributed by atoms with E-state index in [1.54, 1.807) is 36.4 Å². The van der Waals surface area contributed by atoms with E-state index >= 15 is 0 Å². The highest BCUT2D eigenvalue weighted by Gasteiger charge is 2.02. The topological polar surface area (TPSA) is 92.9 Å². The minimum atomic E-state index is -0.513. The minimum absolute atomic E-state index is 0.112. The number of nitrogens with one attached hydrogen (secondary N) is 2. The molecule has 7 heteroatoms. The first-order chi connectivity index (χ1) is 14.6. The van der Waals surface area contributed by atoms with E-state index in [-0.39, 0.29) is 12.5 Å². The zero-order valence-electron chi connectivity index (χ0n) is 16.4. The summed E-state index contributed by atoms with van der Waals surface area (Å²) < 4.78 is 10.3. The van der Waals surface area contributed by atoms with Gasteiger partial charge in [-0.1, -0.05) is 17.7 Å². The first-order valence-electron chi connectivity index (χ1n) is 9.24. The van der Waals surface area contributed by atoms with Gasteiger partial charge in [-0.15, -0.1) is 0 Å². The lowest BCUT2D eigenvalue weighted by atomic mass is 10.2. The van der Waals surface area contributed by atoms with Crippen LogP contribution in [-0.4, -0.2) is 24.6 Å². The Morgan fingerprint density at radius 1 is 1.07 bits per heavy atom. The number of rotatable bonds is 8. The number of hydrogen-bond donors (Lipinski definition) is 2. The number of nitrogens with zero attached hydrogens (tertiary/aromatic N) is 1. The quantitative estimate of drug-likeness (QED) is 0.196. The lowest BCUT2D eigenvalue weighted by Gasteiger charge is -2.05. The van der Waals surface area contributed by atoms with Crippen molar-refractivity contribution < 1.29 is 18.7 Å². The Kier molecular flexibility index (Phi) is 7.16. The number of hydrogen-bond acceptors (Lipinski definition) is 6. The summed E-state index contributed by atoms with van der Waals surface area (Å²) in [5, 5.41) is 6.94. The average Bonchev–Trinajstić information content (AvgIpc) is 3.27. The van der Waals surface area contributed by atoms with Crippen molar-refractivity contribution >= 4 is 29.9 Å². The molecular formula is C23H21N3O4. The third-order valence-electron chi connectivity index (χ3n) is 3.93. The Labute approximate surface area is 174 Å². The van der Waals surface area contributed by atoms with Gasteiger partial charge in [0.25, 0.3) is 5.91 Å². The average molecular weight is 403 g/mol. The van der Waals surface area contributed by atoms with Crippen LogP contribution in [0.3, 0.4) is 0 Å². The van der Waals surface area contributed by atoms with Gasteiger partial charge >= 0.3 is 5.97 Å². The number of furan rings is 1. The van der Waals surface area contributed by atoms with Crippen LogP contribution in [0.25, 0.3) is 6.08 Å². The Hall–Kier alpha value is -4.13. The first kappa shape index (κ1) is 20.6. The number of benzene rings is 2. The summed E-state index contributed by atoms with van der Waals surface area (Å²) >= 11 is 0. The molecule has 0 radical (unpaired) electrons. The van der Waals surface area contributed by atoms with E-state index in [1.165, 1.54) is 24.6 Å². The molecule has 30 heavy (non-hydrogen) atoms. The number of aryl methyl sites for hydroxylation is 1. The van der Waals surface area contributed by atoms with Crippen LogP contribution in [0.4, 0.5) is 5.69 Å². The van der Waals surface area contributed by atoms with Crippen molar-refractivity contribution in [3.8, 4) is 5.75 Å². The standard InChI is InChI=1S/C23H21N3O4/c1-17-4-8-19(9-5-17)24-16-22(27)26-25-15-18-6-10-21(11-7-18)30-23(28)13-12-20-3-2-14-29-20/h2-15,24H,16H2,1H3,(H,26,27)/b13-12+,25-15?. The van der Waals surface area contributed by atoms with Gasteiger partial charge in [0, 0.05) is 11.8 Å². The minimum Gasteiger partial charge on any atom is -0.465 e. The molecule has 7 nitrogen and oxygen atoms in total. The third-order valence-corrected chi connectivity index (χ3v) is 3.93. The maximum Gasteiger partial charge on any atom is 0.336 e. The number of carbonyl (C=O) groups is 2. The van der Waals surface area contributed by atoms with E-state index in [0.29, 0.717) is 11.5 Å². The van der Waals surface area contributed by atoms with Crippen molar-refractivity contribution in [1.82, 2.24) is 5.43 Å². The Morgan fingerprint density at radius 3 is 2.53 bits per heavy atom. The molecule has 1 amide bonds. The van der Waals surface area contributed by atoms with Crippen LogP contribution in [-0.2, 0) is 9.59 Å². The summed E-state index contributed by atoms with van der Waals surface area (Å²) in [6.07, 6.45) is 5.84. The molecule has 3 aromatic rings. The van der Waals surface area contributed by atoms with Crippen molar-refractivity contribution in [2.45, 2.75) is 6.92 Å². The number of anilines is 1. The second kappa shape index (κ2) is 10.4. The molecule has 2 aromatic carbocycles. The zero-order chi connectivity index (χ0) is 21.2. The molecular weight excluding hydrogens is 382 g/mol. The van der Waals surface area contributed by atoms with Crippen molar-refractivity contribution in [3.05, 3.63) is 89.9 Å². The Bertz CT molecular complexity index is 1020. The fourth-order valence-electron chi connectivity index (χ4n) is 2.38. The third kappa shape index (κ3) is 6.79. The summed E-state index contributed by atoms with van der Waals surface area (Å²) in [6.45, 7) is 2.11. The number of carbonyl (C=O) groups excluding carboxylic acids is 2. The van der Waals surface area contributed by atoms with E-state index in [4.69, 9.17) is 9.15 Å². The fraction of sp³-hybridized carbons (Fsp3) is 0.0870. The van der Waals surface area contributed by atoms with Gasteiger partial charge in [-0.2, -0.15) is 5.10 Å². The van der Waals surface area contributed by atoms with Crippen LogP contribution in [0.2, 0.25) is 0 Å². The number of amides is 1. The van der Waals surface area contributed by atoms with Crippen molar-refractivity contribution in [2.24, 2.45) is 5.10 Å². The highest BCUT2D eigenvalue weighted by atomic mass is 16.5. The summed E-state index contributed by atoms with van der Waals surface area (Å²) in [4.78, 5) is 23.6. The number of ether oxygens (including phenoxy) is 1. The van der Waals surface area contributed by atoms with Gasteiger partial charge in [0.15, 0.2) is 0 Å². The molecule has 0 spiro atoms. The highest BCUT2D eigenvalue weighted by molar-refractivity contribution is 5.88. The zero-order valence-corrected chi connectivity index (χ0v) is 16.4. The van der Waals surface area contributed by atoms with Crippen LogP contribution in [0, 0.1) is 6.92 Å². The maximum absolute atomic E-state index is 11.8. The van der Waals surface area contributed by atoms with Gasteiger partial charge < -0.3 is 14.5 Å². The van der Waals surface area contributed by atoms with Crippen molar-refractivity contribution in [3.63, 3.8) is 0 Å². The molecule has 0 unspecified atom stereocenters. The first-order valence-corrected chi connectivity index (χ1v) is 9.24. The molecule has 3 rings (SSSR count). The lowest BCUT2D eigenvalue weighted by Crippen LogP contribution is -2.25. The maximum atomic E-state index is 11.8. The van der Waals surface area contributed by atoms with Crippen LogP contribution < -0.4 is 15.5 Å². The highest BCUT2D eigenvalue weighted by Crippen LogP contribution is 2.12. The van der Waals surface area contributed by atoms with E-state index in [1.807, 2.05) is 31.2 Å². The van der Waals surface area contributed by atoms with Crippen molar-refractivity contribution in [2.75, 3.05) is 11.9 Å². The van der Waals surface area contributed by atoms with Gasteiger partial charge in [-0.05, 0) is 67.1 Å². The molecule has 0 atom stereocenters. The van der Waals surface area contributed by atoms with E-state index in [9.17, 15) is 9.59 Å². The SMILES string of the molecule is Cc1ccc(NCC(=O)NN=Cc2ccc(OC(=O)/C=C/c3ccco3)cc2)cc1. The van der Waals surface area contributed by atoms with Gasteiger partial charge in [-0.3, -0.25) is 4.79 Å². The second-order valence-electron chi connectivity index (χ2n) is 6.35. The lowest BCUT2D eigenvalue weighted by molar-refractivity contribution is -0.129. The summed E-state index contributed by atoms with van der Waals surface area (Å²) in [5.41, 5.74) is 5.22. The molecule has 0 saturated heterocycles. The molecule has 2 N–H and O–H groups in total. The van der Waals surface area contributed by atoms with Gasteiger partial charge in [0.1, 0.15) is 11.5 Å². The largest absolute Gasteiger partial charge is 0.465 e. The molecule has 0 aliphatic heterocycles. The smallest absolute Gasteiger partial charge is 0.336 e. The molecule has 1 aromatic heterocycles. The Balaban J connectivity index is 1.42. The van der Waals surface area contributed by atoms with Gasteiger partial charge in [0.05, 0.1) is 19.0 Å². The van der Waals surface area contributed by atoms with Gasteiger partial charge in [-0.25, -0.2) is 10.2 Å². The van der Waals surface area contributed by atoms with E-state index in [0.717, 1.165) is 16.8 Å².